The number of aromatic nitrogens is 2. The third-order valence-electron chi connectivity index (χ3n) is 4.79. The summed E-state index contributed by atoms with van der Waals surface area (Å²) in [5, 5.41) is 1.97. The molecule has 0 radical (unpaired) electrons. The fraction of sp³-hybridized carbons (Fsp3) is 0. The van der Waals surface area contributed by atoms with Gasteiger partial charge in [0.15, 0.2) is 0 Å². The van der Waals surface area contributed by atoms with Crippen molar-refractivity contribution in [3.8, 4) is 11.5 Å². The standard InChI is InChI=1S/2C9H7NO.C6H5.ClH.Sn/c2*11-8-5-1-3-7-4-2-6-10-9(7)8;1-2-4-6-5-3-1;;/h2*1-6,11H;1-5H;1H;/q;;;;+3/p-3. The predicted octanol–water partition coefficient (Wildman–Crippen LogP) is 5.33. The first-order chi connectivity index (χ1) is 14.7. The quantitative estimate of drug-likeness (QED) is 0.295. The van der Waals surface area contributed by atoms with E-state index in [2.05, 4.69) is 9.97 Å². The number of nitrogens with zero attached hydrogens (tertiary/aromatic N) is 2. The number of hydrogen-bond donors (Lipinski definition) is 0. The Morgan fingerprint density at radius 1 is 0.567 bits per heavy atom. The van der Waals surface area contributed by atoms with E-state index in [9.17, 15) is 0 Å². The van der Waals surface area contributed by atoms with Gasteiger partial charge in [0, 0.05) is 0 Å². The summed E-state index contributed by atoms with van der Waals surface area (Å²) >= 11 is -4.39. The third-order valence-corrected chi connectivity index (χ3v) is 13.0. The summed E-state index contributed by atoms with van der Waals surface area (Å²) in [4.78, 5) is 9.00. The van der Waals surface area contributed by atoms with Crippen molar-refractivity contribution in [2.45, 2.75) is 0 Å². The molecule has 0 aliphatic heterocycles. The van der Waals surface area contributed by atoms with Crippen LogP contribution in [-0.2, 0) is 0 Å². The number of halogens is 1. The van der Waals surface area contributed by atoms with Crippen LogP contribution in [0.3, 0.4) is 0 Å². The van der Waals surface area contributed by atoms with Gasteiger partial charge in [-0.15, -0.1) is 0 Å². The number of benzene rings is 3. The zero-order valence-corrected chi connectivity index (χ0v) is 19.5. The van der Waals surface area contributed by atoms with Gasteiger partial charge >= 0.3 is 183 Å². The second-order valence-electron chi connectivity index (χ2n) is 6.77. The van der Waals surface area contributed by atoms with E-state index in [1.807, 2.05) is 91.0 Å². The number of rotatable bonds is 5. The predicted molar refractivity (Wildman–Crippen MR) is 122 cm³/mol. The summed E-state index contributed by atoms with van der Waals surface area (Å²) in [6.07, 6.45) is 3.50. The summed E-state index contributed by atoms with van der Waals surface area (Å²) in [7, 11) is 7.24. The third kappa shape index (κ3) is 3.68. The molecule has 6 heteroatoms. The molecule has 5 aromatic rings. The average Bonchev–Trinajstić information content (AvgIpc) is 2.80. The molecule has 2 aromatic heterocycles. The molecule has 0 aliphatic rings. The van der Waals surface area contributed by atoms with E-state index >= 15 is 0 Å². The Morgan fingerprint density at radius 3 is 1.60 bits per heavy atom. The maximum absolute atomic E-state index is 7.24. The first-order valence-corrected chi connectivity index (χ1v) is 16.9. The van der Waals surface area contributed by atoms with Crippen LogP contribution in [0.25, 0.3) is 21.8 Å². The monoisotopic (exact) mass is 520 g/mol. The molecule has 30 heavy (non-hydrogen) atoms. The molecule has 146 valence electrons. The van der Waals surface area contributed by atoms with Crippen LogP contribution in [0.5, 0.6) is 11.5 Å². The summed E-state index contributed by atoms with van der Waals surface area (Å²) in [6, 6.07) is 29.2. The SMILES string of the molecule is [Cl][Sn]([O]c1cccc2cccnc12)([O]c1cccc2cccnc12)[c]1ccccc1. The molecule has 0 saturated heterocycles. The van der Waals surface area contributed by atoms with Gasteiger partial charge in [-0.25, -0.2) is 0 Å². The van der Waals surface area contributed by atoms with Crippen LogP contribution in [0.2, 0.25) is 0 Å². The van der Waals surface area contributed by atoms with Crippen molar-refractivity contribution < 1.29 is 6.15 Å². The van der Waals surface area contributed by atoms with Gasteiger partial charge in [0.2, 0.25) is 0 Å². The van der Waals surface area contributed by atoms with E-state index in [0.717, 1.165) is 25.4 Å². The summed E-state index contributed by atoms with van der Waals surface area (Å²) < 4.78 is 13.9. The van der Waals surface area contributed by atoms with Gasteiger partial charge in [0.05, 0.1) is 0 Å². The van der Waals surface area contributed by atoms with Crippen LogP contribution >= 0.6 is 8.92 Å². The first-order valence-electron chi connectivity index (χ1n) is 9.53. The van der Waals surface area contributed by atoms with Crippen molar-refractivity contribution in [2.75, 3.05) is 0 Å². The summed E-state index contributed by atoms with van der Waals surface area (Å²) in [5.74, 6) is 1.24. The van der Waals surface area contributed by atoms with Gasteiger partial charge in [-0.05, 0) is 0 Å². The van der Waals surface area contributed by atoms with Crippen LogP contribution < -0.4 is 9.73 Å². The molecular formula is C24H17ClN2O2Sn. The zero-order valence-electron chi connectivity index (χ0n) is 15.9. The summed E-state index contributed by atoms with van der Waals surface area (Å²) in [5.41, 5.74) is 1.52. The van der Waals surface area contributed by atoms with Crippen LogP contribution in [0.15, 0.2) is 103 Å². The van der Waals surface area contributed by atoms with Gasteiger partial charge in [0.25, 0.3) is 0 Å². The number of fused-ring (bicyclic) bond motifs is 2. The van der Waals surface area contributed by atoms with E-state index in [1.54, 1.807) is 12.4 Å². The molecule has 0 unspecified atom stereocenters. The molecular weight excluding hydrogens is 502 g/mol. The number of para-hydroxylation sites is 2. The molecule has 0 bridgehead atoms. The Bertz CT molecular complexity index is 1240. The van der Waals surface area contributed by atoms with E-state index < -0.39 is 18.1 Å². The molecule has 0 N–H and O–H groups in total. The Kier molecular flexibility index (Phi) is 5.19. The maximum atomic E-state index is 7.24. The normalized spacial score (nSPS) is 11.5. The van der Waals surface area contributed by atoms with Crippen LogP contribution in [0.4, 0.5) is 0 Å². The second kappa shape index (κ2) is 8.13. The molecule has 4 nitrogen and oxygen atoms in total. The number of hydrogen-bond acceptors (Lipinski definition) is 4. The Morgan fingerprint density at radius 2 is 1.07 bits per heavy atom. The van der Waals surface area contributed by atoms with E-state index in [1.165, 1.54) is 0 Å². The van der Waals surface area contributed by atoms with Crippen molar-refractivity contribution >= 4 is 52.4 Å². The van der Waals surface area contributed by atoms with Gasteiger partial charge in [-0.1, -0.05) is 0 Å². The molecule has 0 spiro atoms. The topological polar surface area (TPSA) is 44.2 Å². The Labute approximate surface area is 182 Å². The van der Waals surface area contributed by atoms with Crippen LogP contribution in [-0.4, -0.2) is 28.0 Å². The minimum absolute atomic E-state index is 0.621. The van der Waals surface area contributed by atoms with Gasteiger partial charge in [0.1, 0.15) is 0 Å². The molecule has 0 atom stereocenters. The second-order valence-corrected chi connectivity index (χ2v) is 16.0. The van der Waals surface area contributed by atoms with Gasteiger partial charge < -0.3 is 0 Å². The fourth-order valence-electron chi connectivity index (χ4n) is 3.38. The van der Waals surface area contributed by atoms with Crippen LogP contribution in [0, 0.1) is 0 Å². The molecule has 5 rings (SSSR count). The first kappa shape index (κ1) is 19.2. The van der Waals surface area contributed by atoms with Crippen molar-refractivity contribution in [1.29, 1.82) is 0 Å². The molecule has 0 fully saturated rings. The molecule has 0 aliphatic carbocycles. The van der Waals surface area contributed by atoms with Crippen LogP contribution in [0.1, 0.15) is 0 Å². The average molecular weight is 520 g/mol. The zero-order chi connectivity index (χ0) is 20.4. The fourth-order valence-corrected chi connectivity index (χ4v) is 10.4. The summed E-state index contributed by atoms with van der Waals surface area (Å²) in [6.45, 7) is 0. The molecule has 0 amide bonds. The van der Waals surface area contributed by atoms with Crippen molar-refractivity contribution in [1.82, 2.24) is 9.97 Å². The van der Waals surface area contributed by atoms with Gasteiger partial charge in [-0.3, -0.25) is 0 Å². The van der Waals surface area contributed by atoms with Gasteiger partial charge in [-0.2, -0.15) is 0 Å². The van der Waals surface area contributed by atoms with E-state index in [4.69, 9.17) is 15.1 Å². The van der Waals surface area contributed by atoms with E-state index in [0.29, 0.717) is 11.5 Å². The Hall–Kier alpha value is -2.83. The van der Waals surface area contributed by atoms with E-state index in [-0.39, 0.29) is 0 Å². The van der Waals surface area contributed by atoms with Crippen molar-refractivity contribution in [3.05, 3.63) is 103 Å². The molecule has 2 heterocycles. The van der Waals surface area contributed by atoms with Crippen molar-refractivity contribution in [2.24, 2.45) is 0 Å². The molecule has 0 saturated carbocycles. The number of pyridine rings is 2. The molecule has 3 aromatic carbocycles. The minimum atomic E-state index is -4.39. The Balaban J connectivity index is 1.63. The van der Waals surface area contributed by atoms with Crippen molar-refractivity contribution in [3.63, 3.8) is 0 Å².